The highest BCUT2D eigenvalue weighted by molar-refractivity contribution is 8.04. The van der Waals surface area contributed by atoms with Gasteiger partial charge >= 0.3 is 0 Å². The van der Waals surface area contributed by atoms with Crippen LogP contribution in [-0.2, 0) is 0 Å². The predicted molar refractivity (Wildman–Crippen MR) is 89.7 cm³/mol. The molecule has 0 spiro atoms. The van der Waals surface area contributed by atoms with Crippen LogP contribution in [0.4, 0.5) is 0 Å². The van der Waals surface area contributed by atoms with Gasteiger partial charge < -0.3 is 22.5 Å². The largest absolute Gasteiger partial charge is 0.396 e. The maximum atomic E-state index is 6.98. The fraction of sp³-hybridized carbons (Fsp3) is 0.286. The van der Waals surface area contributed by atoms with E-state index in [2.05, 4.69) is 29.4 Å². The lowest BCUT2D eigenvalue weighted by Crippen LogP contribution is -2.29. The van der Waals surface area contributed by atoms with E-state index in [4.69, 9.17) is 22.6 Å². The molecule has 0 amide bonds. The number of amidine groups is 1. The zero-order valence-electron chi connectivity index (χ0n) is 11.9. The number of thioether (sulfide) groups is 1. The number of nitrogens with one attached hydrogen (secondary N) is 2. The van der Waals surface area contributed by atoms with Crippen molar-refractivity contribution in [3.63, 3.8) is 0 Å². The van der Waals surface area contributed by atoms with Crippen molar-refractivity contribution in [1.29, 1.82) is 5.41 Å². The minimum atomic E-state index is 0.315. The van der Waals surface area contributed by atoms with Crippen molar-refractivity contribution in [3.05, 3.63) is 45.8 Å². The molecule has 1 atom stereocenters. The fourth-order valence-electron chi connectivity index (χ4n) is 2.16. The summed E-state index contributed by atoms with van der Waals surface area (Å²) in [5, 5.41) is 10.0. The van der Waals surface area contributed by atoms with Crippen LogP contribution in [0.15, 0.2) is 50.8 Å². The summed E-state index contributed by atoms with van der Waals surface area (Å²) in [7, 11) is 0. The molecule has 0 aliphatic carbocycles. The lowest BCUT2D eigenvalue weighted by atomic mass is 10.00. The van der Waals surface area contributed by atoms with Crippen LogP contribution in [0.5, 0.6) is 0 Å². The summed E-state index contributed by atoms with van der Waals surface area (Å²) in [6, 6.07) is 0. The Morgan fingerprint density at radius 2 is 2.29 bits per heavy atom. The first-order valence-corrected chi connectivity index (χ1v) is 7.55. The fourth-order valence-corrected chi connectivity index (χ4v) is 3.45. The zero-order chi connectivity index (χ0) is 15.4. The van der Waals surface area contributed by atoms with E-state index in [1.807, 2.05) is 6.08 Å². The standard InChI is InChI=1S/C14H20N6S/c1-8-10(6-21-12(8)14(18)20-7-15)3-2-9-4-11(16)13(17)19-5-9/h2-4,7,10,19H,5-6,16-17H2,1H3,(H3,15,18,20)/b3-2+. The van der Waals surface area contributed by atoms with Crippen LogP contribution in [0.25, 0.3) is 0 Å². The van der Waals surface area contributed by atoms with E-state index in [9.17, 15) is 0 Å². The Balaban J connectivity index is 2.12. The number of hydrogen-bond acceptors (Lipinski definition) is 5. The van der Waals surface area contributed by atoms with Gasteiger partial charge in [0.1, 0.15) is 18.0 Å². The van der Waals surface area contributed by atoms with Crippen LogP contribution in [0.1, 0.15) is 6.92 Å². The zero-order valence-corrected chi connectivity index (χ0v) is 12.7. The normalized spacial score (nSPS) is 23.6. The molecule has 0 saturated heterocycles. The van der Waals surface area contributed by atoms with Gasteiger partial charge in [-0.3, -0.25) is 5.41 Å². The molecule has 2 aliphatic rings. The number of dihydropyridines is 1. The molecule has 0 radical (unpaired) electrons. The van der Waals surface area contributed by atoms with Crippen LogP contribution in [0.2, 0.25) is 0 Å². The quantitative estimate of drug-likeness (QED) is 0.387. The summed E-state index contributed by atoms with van der Waals surface area (Å²) >= 11 is 1.67. The molecule has 2 rings (SSSR count). The van der Waals surface area contributed by atoms with Crippen molar-refractivity contribution in [2.45, 2.75) is 6.92 Å². The van der Waals surface area contributed by atoms with Gasteiger partial charge in [-0.15, -0.1) is 11.8 Å². The van der Waals surface area contributed by atoms with Crippen LogP contribution in [-0.4, -0.2) is 24.5 Å². The van der Waals surface area contributed by atoms with E-state index < -0.39 is 0 Å². The molecule has 0 fully saturated rings. The first kappa shape index (κ1) is 15.2. The van der Waals surface area contributed by atoms with Crippen molar-refractivity contribution in [1.82, 2.24) is 5.32 Å². The van der Waals surface area contributed by atoms with E-state index >= 15 is 0 Å². The average Bonchev–Trinajstić information content (AvgIpc) is 2.82. The van der Waals surface area contributed by atoms with Crippen molar-refractivity contribution in [3.8, 4) is 0 Å². The Bertz CT molecular complexity index is 597. The van der Waals surface area contributed by atoms with E-state index in [1.54, 1.807) is 11.8 Å². The molecule has 7 heteroatoms. The van der Waals surface area contributed by atoms with Gasteiger partial charge in [0, 0.05) is 23.1 Å². The molecule has 2 heterocycles. The lowest BCUT2D eigenvalue weighted by Gasteiger charge is -2.15. The molecule has 0 bridgehead atoms. The molecular formula is C14H20N6S. The van der Waals surface area contributed by atoms with Gasteiger partial charge in [0.25, 0.3) is 0 Å². The second-order valence-corrected chi connectivity index (χ2v) is 5.90. The third kappa shape index (κ3) is 3.49. The summed E-state index contributed by atoms with van der Waals surface area (Å²) in [6.45, 7) is 2.73. The van der Waals surface area contributed by atoms with Gasteiger partial charge in [0.2, 0.25) is 0 Å². The number of allylic oxidation sites excluding steroid dienone is 3. The van der Waals surface area contributed by atoms with E-state index in [1.165, 1.54) is 5.57 Å². The van der Waals surface area contributed by atoms with Crippen LogP contribution >= 0.6 is 11.8 Å². The maximum Gasteiger partial charge on any atom is 0.138 e. The molecule has 8 N–H and O–H groups in total. The minimum absolute atomic E-state index is 0.315. The second kappa shape index (κ2) is 6.53. The monoisotopic (exact) mass is 304 g/mol. The Hall–Kier alpha value is -2.15. The number of hydrogen-bond donors (Lipinski definition) is 5. The summed E-state index contributed by atoms with van der Waals surface area (Å²) in [5.41, 5.74) is 20.2. The van der Waals surface area contributed by atoms with Gasteiger partial charge in [-0.2, -0.15) is 0 Å². The van der Waals surface area contributed by atoms with Crippen LogP contribution < -0.4 is 22.5 Å². The average molecular weight is 304 g/mol. The molecule has 1 unspecified atom stereocenters. The summed E-state index contributed by atoms with van der Waals surface area (Å²) < 4.78 is 0. The van der Waals surface area contributed by atoms with Crippen molar-refractivity contribution in [2.24, 2.45) is 28.1 Å². The van der Waals surface area contributed by atoms with Crippen molar-refractivity contribution < 1.29 is 0 Å². The second-order valence-electron chi connectivity index (χ2n) is 4.87. The maximum absolute atomic E-state index is 6.98. The van der Waals surface area contributed by atoms with Gasteiger partial charge in [-0.1, -0.05) is 12.2 Å². The van der Waals surface area contributed by atoms with Crippen LogP contribution in [0.3, 0.4) is 0 Å². The molecular weight excluding hydrogens is 284 g/mol. The Labute approximate surface area is 128 Å². The molecule has 0 saturated carbocycles. The predicted octanol–water partition coefficient (Wildman–Crippen LogP) is 0.760. The minimum Gasteiger partial charge on any atom is -0.396 e. The number of nitrogens with two attached hydrogens (primary N) is 3. The molecule has 0 aromatic heterocycles. The summed E-state index contributed by atoms with van der Waals surface area (Å²) in [4.78, 5) is 4.81. The Kier molecular flexibility index (Phi) is 4.74. The molecule has 6 nitrogen and oxygen atoms in total. The van der Waals surface area contributed by atoms with Gasteiger partial charge in [-0.05, 0) is 24.1 Å². The first-order valence-electron chi connectivity index (χ1n) is 6.57. The molecule has 21 heavy (non-hydrogen) atoms. The summed E-state index contributed by atoms with van der Waals surface area (Å²) in [6.07, 6.45) is 7.07. The van der Waals surface area contributed by atoms with E-state index in [-0.39, 0.29) is 0 Å². The topological polar surface area (TPSA) is 126 Å². The highest BCUT2D eigenvalue weighted by atomic mass is 32.2. The molecule has 0 aromatic carbocycles. The van der Waals surface area contributed by atoms with Crippen LogP contribution in [0, 0.1) is 11.3 Å². The third-order valence-corrected chi connectivity index (χ3v) is 4.78. The number of aliphatic imine (C=N–C) groups is 1. The van der Waals surface area contributed by atoms with Gasteiger partial charge in [0.15, 0.2) is 0 Å². The van der Waals surface area contributed by atoms with E-state index in [0.29, 0.717) is 29.8 Å². The van der Waals surface area contributed by atoms with E-state index in [0.717, 1.165) is 22.6 Å². The number of rotatable bonds is 4. The van der Waals surface area contributed by atoms with Crippen molar-refractivity contribution in [2.75, 3.05) is 12.3 Å². The number of nitrogens with zero attached hydrogens (tertiary/aromatic N) is 1. The Morgan fingerprint density at radius 1 is 1.52 bits per heavy atom. The SMILES string of the molecule is CC1=C(/C(N)=N\C=N)SCC1/C=C/C1=CC(N)=C(N)NC1. The summed E-state index contributed by atoms with van der Waals surface area (Å²) in [5.74, 6) is 2.19. The third-order valence-electron chi connectivity index (χ3n) is 3.44. The lowest BCUT2D eigenvalue weighted by molar-refractivity contribution is 0.825. The molecule has 0 aromatic rings. The highest BCUT2D eigenvalue weighted by Crippen LogP contribution is 2.36. The Morgan fingerprint density at radius 3 is 2.95 bits per heavy atom. The van der Waals surface area contributed by atoms with Gasteiger partial charge in [-0.25, -0.2) is 4.99 Å². The molecule has 2 aliphatic heterocycles. The smallest absolute Gasteiger partial charge is 0.138 e. The highest BCUT2D eigenvalue weighted by Gasteiger charge is 2.23. The molecule has 112 valence electrons. The van der Waals surface area contributed by atoms with Crippen molar-refractivity contribution >= 4 is 23.9 Å². The first-order chi connectivity index (χ1) is 10.0. The van der Waals surface area contributed by atoms with Gasteiger partial charge in [0.05, 0.1) is 5.70 Å².